The smallest absolute Gasteiger partial charge is 0.465 e. The Hall–Kier alpha value is -1.52. The van der Waals surface area contributed by atoms with E-state index in [9.17, 15) is 4.79 Å². The van der Waals surface area contributed by atoms with Gasteiger partial charge in [-0.15, -0.1) is 0 Å². The monoisotopic (exact) mass is 549 g/mol. The third-order valence-corrected chi connectivity index (χ3v) is 7.46. The number of hydrogen-bond donors (Lipinski definition) is 0. The molecule has 0 aliphatic rings. The zero-order chi connectivity index (χ0) is 26.9. The van der Waals surface area contributed by atoms with Gasteiger partial charge in [0.1, 0.15) is 0 Å². The second kappa shape index (κ2) is 23.6. The lowest BCUT2D eigenvalue weighted by Crippen LogP contribution is -2.49. The van der Waals surface area contributed by atoms with Crippen molar-refractivity contribution in [3.8, 4) is 0 Å². The van der Waals surface area contributed by atoms with Gasteiger partial charge >= 0.3 is 14.8 Å². The molecule has 0 saturated carbocycles. The maximum Gasteiger partial charge on any atom is 0.504 e. The van der Waals surface area contributed by atoms with Crippen LogP contribution in [-0.2, 0) is 57.7 Å². The Labute approximate surface area is 221 Å². The highest BCUT2D eigenvalue weighted by molar-refractivity contribution is 6.60. The topological polar surface area (TPSA) is 122 Å². The van der Waals surface area contributed by atoms with Gasteiger partial charge in [-0.3, -0.25) is 9.78 Å². The molecule has 0 fully saturated rings. The summed E-state index contributed by atoms with van der Waals surface area (Å²) in [5, 5.41) is 0. The molecule has 0 aliphatic carbocycles. The lowest BCUT2D eigenvalue weighted by Gasteiger charge is -2.29. The van der Waals surface area contributed by atoms with E-state index in [4.69, 9.17) is 46.4 Å². The first kappa shape index (κ1) is 33.5. The summed E-state index contributed by atoms with van der Waals surface area (Å²) in [6.45, 7) is 4.62. The summed E-state index contributed by atoms with van der Waals surface area (Å²) in [6.07, 6.45) is 3.41. The van der Waals surface area contributed by atoms with E-state index in [2.05, 4.69) is 4.98 Å². The van der Waals surface area contributed by atoms with E-state index in [1.165, 1.54) is 0 Å². The molecule has 0 bridgehead atoms. The van der Waals surface area contributed by atoms with Crippen molar-refractivity contribution in [1.82, 2.24) is 4.98 Å². The van der Waals surface area contributed by atoms with Gasteiger partial charge in [0.05, 0.1) is 98.4 Å². The van der Waals surface area contributed by atoms with Crippen molar-refractivity contribution in [2.45, 2.75) is 12.5 Å². The number of carbonyl (C=O) groups is 1. The maximum absolute atomic E-state index is 12.3. The first-order chi connectivity index (χ1) is 18.2. The Balaban J connectivity index is 2.69. The largest absolute Gasteiger partial charge is 0.504 e. The molecule has 0 unspecified atom stereocenters. The van der Waals surface area contributed by atoms with E-state index in [1.807, 2.05) is 0 Å². The van der Waals surface area contributed by atoms with Gasteiger partial charge in [0.15, 0.2) is 0 Å². The molecular weight excluding hydrogens is 506 g/mol. The van der Waals surface area contributed by atoms with Crippen LogP contribution in [0.1, 0.15) is 5.56 Å². The van der Waals surface area contributed by atoms with Crippen molar-refractivity contribution in [2.75, 3.05) is 107 Å². The fourth-order valence-corrected chi connectivity index (χ4v) is 5.07. The number of ether oxygens (including phenoxy) is 7. The predicted octanol–water partition coefficient (Wildman–Crippen LogP) is 1.15. The van der Waals surface area contributed by atoms with E-state index in [-0.39, 0.29) is 44.9 Å². The van der Waals surface area contributed by atoms with Crippen LogP contribution in [0.3, 0.4) is 0 Å². The molecule has 214 valence electrons. The van der Waals surface area contributed by atoms with Crippen LogP contribution in [0.2, 0.25) is 6.04 Å². The van der Waals surface area contributed by atoms with E-state index in [1.54, 1.807) is 45.9 Å². The minimum absolute atomic E-state index is 0.0791. The second-order valence-corrected chi connectivity index (χ2v) is 10.3. The van der Waals surface area contributed by atoms with E-state index in [0.717, 1.165) is 5.56 Å². The number of methoxy groups -OCH3 is 3. The highest BCUT2D eigenvalue weighted by atomic mass is 28.4. The summed E-state index contributed by atoms with van der Waals surface area (Å²) < 4.78 is 55.4. The molecule has 0 radical (unpaired) electrons. The number of pyridine rings is 1. The van der Waals surface area contributed by atoms with Crippen LogP contribution in [0.15, 0.2) is 24.5 Å². The lowest BCUT2D eigenvalue weighted by atomic mass is 10.2. The minimum atomic E-state index is -3.28. The average Bonchev–Trinajstić information content (AvgIpc) is 2.90. The summed E-state index contributed by atoms with van der Waals surface area (Å²) in [4.78, 5) is 16.3. The highest BCUT2D eigenvalue weighted by Gasteiger charge is 2.41. The first-order valence-corrected chi connectivity index (χ1v) is 14.3. The van der Waals surface area contributed by atoms with Crippen LogP contribution >= 0.6 is 0 Å². The van der Waals surface area contributed by atoms with Crippen molar-refractivity contribution >= 4 is 14.8 Å². The number of nitrogens with zero attached hydrogens (tertiary/aromatic N) is 1. The van der Waals surface area contributed by atoms with Crippen LogP contribution in [0.25, 0.3) is 0 Å². The van der Waals surface area contributed by atoms with E-state index < -0.39 is 8.80 Å². The van der Waals surface area contributed by atoms with Crippen LogP contribution < -0.4 is 0 Å². The van der Waals surface area contributed by atoms with Gasteiger partial charge in [0.2, 0.25) is 0 Å². The fourth-order valence-electron chi connectivity index (χ4n) is 2.85. The summed E-state index contributed by atoms with van der Waals surface area (Å²) in [7, 11) is 1.55. The lowest BCUT2D eigenvalue weighted by molar-refractivity contribution is -0.142. The Bertz CT molecular complexity index is 616. The highest BCUT2D eigenvalue weighted by Crippen LogP contribution is 2.17. The minimum Gasteiger partial charge on any atom is -0.465 e. The molecule has 0 atom stereocenters. The molecule has 0 aromatic carbocycles. The molecule has 1 rings (SSSR count). The van der Waals surface area contributed by atoms with Gasteiger partial charge in [0.25, 0.3) is 0 Å². The van der Waals surface area contributed by atoms with Crippen molar-refractivity contribution in [2.24, 2.45) is 0 Å². The van der Waals surface area contributed by atoms with E-state index >= 15 is 0 Å². The maximum atomic E-state index is 12.3. The summed E-state index contributed by atoms with van der Waals surface area (Å²) in [5.74, 6) is -0.359. The molecule has 1 aromatic heterocycles. The molecule has 0 amide bonds. The quantitative estimate of drug-likeness (QED) is 0.0936. The molecule has 0 aliphatic heterocycles. The molecule has 0 spiro atoms. The molecule has 12 nitrogen and oxygen atoms in total. The first-order valence-electron chi connectivity index (χ1n) is 12.3. The average molecular weight is 550 g/mol. The van der Waals surface area contributed by atoms with Crippen LogP contribution in [-0.4, -0.2) is 127 Å². The molecule has 1 aromatic rings. The zero-order valence-corrected chi connectivity index (χ0v) is 23.4. The van der Waals surface area contributed by atoms with Crippen LogP contribution in [0.5, 0.6) is 0 Å². The third-order valence-electron chi connectivity index (χ3n) is 4.71. The summed E-state index contributed by atoms with van der Waals surface area (Å²) in [5.41, 5.74) is 0.821. The summed E-state index contributed by atoms with van der Waals surface area (Å²) in [6, 6.07) is 3.81. The van der Waals surface area contributed by atoms with Gasteiger partial charge in [0, 0.05) is 33.7 Å². The Morgan fingerprint density at radius 3 is 1.51 bits per heavy atom. The normalized spacial score (nSPS) is 11.6. The van der Waals surface area contributed by atoms with Gasteiger partial charge < -0.3 is 46.4 Å². The predicted molar refractivity (Wildman–Crippen MR) is 135 cm³/mol. The zero-order valence-electron chi connectivity index (χ0n) is 22.4. The number of hydrogen-bond acceptors (Lipinski definition) is 12. The van der Waals surface area contributed by atoms with Gasteiger partial charge in [-0.05, 0) is 17.7 Å². The molecule has 0 N–H and O–H groups in total. The number of carbonyl (C=O) groups excluding carboxylic acids is 1. The van der Waals surface area contributed by atoms with Crippen molar-refractivity contribution in [1.29, 1.82) is 0 Å². The van der Waals surface area contributed by atoms with Gasteiger partial charge in [-0.2, -0.15) is 0 Å². The molecule has 37 heavy (non-hydrogen) atoms. The number of aromatic nitrogens is 1. The van der Waals surface area contributed by atoms with E-state index in [0.29, 0.717) is 59.5 Å². The van der Waals surface area contributed by atoms with Crippen molar-refractivity contribution in [3.05, 3.63) is 30.1 Å². The van der Waals surface area contributed by atoms with Gasteiger partial charge in [-0.25, -0.2) is 0 Å². The number of esters is 1. The SMILES string of the molecule is COCCOCCO[Si](CCOC(=O)Cc1ccncc1)(OCCOCCOC)OCCOCCOC. The molecule has 1 heterocycles. The molecule has 13 heteroatoms. The number of rotatable bonds is 26. The Kier molecular flexibility index (Phi) is 21.4. The summed E-state index contributed by atoms with van der Waals surface area (Å²) >= 11 is 0. The second-order valence-electron chi connectivity index (χ2n) is 7.55. The standard InChI is InChI=1S/C24H43NO11Si/c1-27-8-11-30-14-17-34-37(35-18-15-31-12-9-28-2,36-19-16-32-13-10-29-3)21-20-33-24(26)22-23-4-6-25-7-5-23/h4-7H,8-22H2,1-3H3. The van der Waals surface area contributed by atoms with Crippen molar-refractivity contribution < 1.29 is 51.2 Å². The molecule has 0 saturated heterocycles. The van der Waals surface area contributed by atoms with Crippen molar-refractivity contribution in [3.63, 3.8) is 0 Å². The fraction of sp³-hybridized carbons (Fsp3) is 0.750. The van der Waals surface area contributed by atoms with Crippen LogP contribution in [0, 0.1) is 0 Å². The Morgan fingerprint density at radius 2 is 1.08 bits per heavy atom. The Morgan fingerprint density at radius 1 is 0.649 bits per heavy atom. The van der Waals surface area contributed by atoms with Crippen LogP contribution in [0.4, 0.5) is 0 Å². The van der Waals surface area contributed by atoms with Gasteiger partial charge in [-0.1, -0.05) is 0 Å². The molecular formula is C24H43NO11Si. The third kappa shape index (κ3) is 18.4.